The van der Waals surface area contributed by atoms with E-state index in [0.29, 0.717) is 30.7 Å². The molecule has 0 saturated carbocycles. The lowest BCUT2D eigenvalue weighted by Gasteiger charge is -2.56. The van der Waals surface area contributed by atoms with Gasteiger partial charge >= 0.3 is 5.97 Å². The normalized spacial score (nSPS) is 28.9. The molecule has 2 aromatic carbocycles. The maximum atomic E-state index is 12.1. The Balaban J connectivity index is 1.14. The van der Waals surface area contributed by atoms with E-state index in [1.54, 1.807) is 19.2 Å². The third-order valence-corrected chi connectivity index (χ3v) is 8.54. The fraction of sp³-hybridized carbons (Fsp3) is 0.500. The number of likely N-dealkylation sites (N-methyl/N-ethyl adjacent to an activating group) is 1. The van der Waals surface area contributed by atoms with Crippen molar-refractivity contribution in [3.63, 3.8) is 0 Å². The van der Waals surface area contributed by atoms with Crippen molar-refractivity contribution in [2.75, 3.05) is 40.7 Å². The Morgan fingerprint density at radius 3 is 2.78 bits per heavy atom. The number of piperidine rings is 1. The predicted molar refractivity (Wildman–Crippen MR) is 138 cm³/mol. The molecule has 0 N–H and O–H groups in total. The highest BCUT2D eigenvalue weighted by atomic mass is 16.7. The number of hydrogen-bond acceptors (Lipinski definition) is 7. The van der Waals surface area contributed by atoms with Crippen LogP contribution in [0.15, 0.2) is 54.6 Å². The van der Waals surface area contributed by atoms with E-state index in [9.17, 15) is 4.79 Å². The first-order valence-corrected chi connectivity index (χ1v) is 13.3. The van der Waals surface area contributed by atoms with Gasteiger partial charge in [0, 0.05) is 36.7 Å². The predicted octanol–water partition coefficient (Wildman–Crippen LogP) is 4.14. The number of likely N-dealkylation sites (tertiary alicyclic amines) is 1. The third kappa shape index (κ3) is 4.13. The molecule has 2 unspecified atom stereocenters. The van der Waals surface area contributed by atoms with Gasteiger partial charge in [0.25, 0.3) is 0 Å². The van der Waals surface area contributed by atoms with E-state index in [1.807, 2.05) is 24.3 Å². The molecule has 196 valence electrons. The highest BCUT2D eigenvalue weighted by Gasteiger charge is 2.64. The number of hydrogen-bond donors (Lipinski definition) is 0. The third-order valence-electron chi connectivity index (χ3n) is 8.54. The van der Waals surface area contributed by atoms with Gasteiger partial charge in [0.2, 0.25) is 0 Å². The number of esters is 1. The number of unbranched alkanes of at least 4 members (excludes halogenated alkanes) is 1. The molecule has 2 heterocycles. The zero-order valence-corrected chi connectivity index (χ0v) is 21.6. The van der Waals surface area contributed by atoms with Gasteiger partial charge in [-0.1, -0.05) is 36.4 Å². The molecule has 0 radical (unpaired) electrons. The van der Waals surface area contributed by atoms with Gasteiger partial charge in [-0.05, 0) is 63.0 Å². The van der Waals surface area contributed by atoms with Crippen molar-refractivity contribution in [1.82, 2.24) is 4.90 Å². The van der Waals surface area contributed by atoms with Crippen LogP contribution >= 0.6 is 0 Å². The minimum Gasteiger partial charge on any atom is -0.482 e. The van der Waals surface area contributed by atoms with Crippen LogP contribution in [0.5, 0.6) is 11.5 Å². The van der Waals surface area contributed by atoms with Crippen LogP contribution in [0.25, 0.3) is 0 Å². The number of rotatable bonds is 10. The summed E-state index contributed by atoms with van der Waals surface area (Å²) in [6.45, 7) is 2.19. The van der Waals surface area contributed by atoms with Crippen LogP contribution < -0.4 is 9.47 Å². The van der Waals surface area contributed by atoms with Crippen molar-refractivity contribution >= 4 is 5.97 Å². The summed E-state index contributed by atoms with van der Waals surface area (Å²) >= 11 is 0. The minimum atomic E-state index is -0.282. The lowest BCUT2D eigenvalue weighted by atomic mass is 9.53. The van der Waals surface area contributed by atoms with Crippen LogP contribution in [0.4, 0.5) is 0 Å². The van der Waals surface area contributed by atoms with Crippen molar-refractivity contribution in [2.24, 2.45) is 5.92 Å². The lowest BCUT2D eigenvalue weighted by molar-refractivity contribution is -0.0718. The zero-order chi connectivity index (χ0) is 25.4. The second-order valence-electron chi connectivity index (χ2n) is 10.5. The molecule has 7 heteroatoms. The van der Waals surface area contributed by atoms with Crippen LogP contribution in [0.2, 0.25) is 0 Å². The largest absolute Gasteiger partial charge is 0.482 e. The molecular formula is C30H35NO6. The second-order valence-corrected chi connectivity index (χ2v) is 10.5. The zero-order valence-electron chi connectivity index (χ0n) is 21.6. The number of nitrogens with zero attached hydrogens (tertiary/aromatic N) is 1. The topological polar surface area (TPSA) is 66.5 Å². The second kappa shape index (κ2) is 10.1. The van der Waals surface area contributed by atoms with E-state index in [4.69, 9.17) is 23.7 Å². The van der Waals surface area contributed by atoms with Gasteiger partial charge in [0.05, 0.1) is 12.2 Å². The summed E-state index contributed by atoms with van der Waals surface area (Å²) < 4.78 is 29.7. The minimum absolute atomic E-state index is 0.0871. The van der Waals surface area contributed by atoms with E-state index in [2.05, 4.69) is 30.2 Å². The number of methoxy groups -OCH3 is 1. The van der Waals surface area contributed by atoms with Gasteiger partial charge in [0.1, 0.15) is 12.2 Å². The SMILES string of the molecule is COCOc1ccc2c3c1OC1C(OCCCCOC(=O)c4ccccc4)C=C[C@H]4[C@@H](C2)N(C)CC[C@]314. The molecule has 5 atom stereocenters. The summed E-state index contributed by atoms with van der Waals surface area (Å²) in [5.74, 6) is 1.73. The highest BCUT2D eigenvalue weighted by Crippen LogP contribution is 2.62. The Kier molecular flexibility index (Phi) is 6.69. The molecule has 0 amide bonds. The van der Waals surface area contributed by atoms with Crippen molar-refractivity contribution in [1.29, 1.82) is 0 Å². The summed E-state index contributed by atoms with van der Waals surface area (Å²) in [6.07, 6.45) is 7.97. The highest BCUT2D eigenvalue weighted by molar-refractivity contribution is 5.89. The number of carbonyl (C=O) groups excluding carboxylic acids is 1. The first kappa shape index (κ1) is 24.5. The molecular weight excluding hydrogens is 470 g/mol. The maximum absolute atomic E-state index is 12.1. The molecule has 2 aliphatic heterocycles. The van der Waals surface area contributed by atoms with Gasteiger partial charge in [-0.25, -0.2) is 4.79 Å². The number of benzene rings is 2. The summed E-state index contributed by atoms with van der Waals surface area (Å²) in [7, 11) is 3.87. The Morgan fingerprint density at radius 2 is 1.95 bits per heavy atom. The molecule has 6 rings (SSSR count). The lowest BCUT2D eigenvalue weighted by Crippen LogP contribution is -2.65. The van der Waals surface area contributed by atoms with Gasteiger partial charge < -0.3 is 28.6 Å². The summed E-state index contributed by atoms with van der Waals surface area (Å²) in [4.78, 5) is 14.6. The van der Waals surface area contributed by atoms with Crippen LogP contribution in [-0.4, -0.2) is 69.8 Å². The van der Waals surface area contributed by atoms with Crippen LogP contribution in [-0.2, 0) is 26.0 Å². The molecule has 2 aliphatic carbocycles. The standard InChI is InChI=1S/C30H35NO6/c1-31-15-14-30-22-11-13-25(34-16-6-7-17-35-29(32)20-8-4-3-5-9-20)28(30)37-27-24(36-19-33-2)12-10-21(26(27)30)18-23(22)31/h3-5,8-13,22-23,25,28H,6-7,14-19H2,1-2H3/t22-,23+,25?,28?,30-/m0/s1. The number of carbonyl (C=O) groups is 1. The van der Waals surface area contributed by atoms with Crippen molar-refractivity contribution in [3.05, 3.63) is 71.3 Å². The van der Waals surface area contributed by atoms with E-state index < -0.39 is 0 Å². The summed E-state index contributed by atoms with van der Waals surface area (Å²) in [5, 5.41) is 0. The maximum Gasteiger partial charge on any atom is 0.338 e. The van der Waals surface area contributed by atoms with Crippen LogP contribution in [0.1, 0.15) is 40.7 Å². The van der Waals surface area contributed by atoms with E-state index in [1.165, 1.54) is 11.1 Å². The fourth-order valence-corrected chi connectivity index (χ4v) is 6.83. The van der Waals surface area contributed by atoms with E-state index >= 15 is 0 Å². The molecule has 2 aromatic rings. The average Bonchev–Trinajstić information content (AvgIpc) is 3.28. The smallest absolute Gasteiger partial charge is 0.338 e. The Hall–Kier alpha value is -2.87. The molecule has 1 fully saturated rings. The fourth-order valence-electron chi connectivity index (χ4n) is 6.83. The molecule has 2 bridgehead atoms. The summed E-state index contributed by atoms with van der Waals surface area (Å²) in [5.41, 5.74) is 3.17. The molecule has 7 nitrogen and oxygen atoms in total. The number of ether oxygens (including phenoxy) is 5. The Bertz CT molecular complexity index is 1170. The van der Waals surface area contributed by atoms with Crippen LogP contribution in [0, 0.1) is 5.92 Å². The first-order valence-electron chi connectivity index (χ1n) is 13.3. The molecule has 1 spiro atoms. The molecule has 1 saturated heterocycles. The molecule has 4 aliphatic rings. The molecule has 37 heavy (non-hydrogen) atoms. The van der Waals surface area contributed by atoms with Gasteiger partial charge in [0.15, 0.2) is 18.3 Å². The van der Waals surface area contributed by atoms with Gasteiger partial charge in [-0.15, -0.1) is 0 Å². The van der Waals surface area contributed by atoms with Gasteiger partial charge in [-0.3, -0.25) is 0 Å². The monoisotopic (exact) mass is 505 g/mol. The van der Waals surface area contributed by atoms with Crippen molar-refractivity contribution in [3.8, 4) is 11.5 Å². The van der Waals surface area contributed by atoms with Crippen LogP contribution in [0.3, 0.4) is 0 Å². The van der Waals surface area contributed by atoms with E-state index in [-0.39, 0.29) is 30.4 Å². The Labute approximate surface area is 218 Å². The Morgan fingerprint density at radius 1 is 1.11 bits per heavy atom. The average molecular weight is 506 g/mol. The summed E-state index contributed by atoms with van der Waals surface area (Å²) in [6, 6.07) is 13.8. The molecule has 0 aromatic heterocycles. The van der Waals surface area contributed by atoms with Crippen molar-refractivity contribution in [2.45, 2.75) is 49.3 Å². The van der Waals surface area contributed by atoms with Gasteiger partial charge in [-0.2, -0.15) is 0 Å². The quantitative estimate of drug-likeness (QED) is 0.208. The first-order chi connectivity index (χ1) is 18.1. The van der Waals surface area contributed by atoms with E-state index in [0.717, 1.165) is 43.7 Å². The van der Waals surface area contributed by atoms with Crippen molar-refractivity contribution < 1.29 is 28.5 Å².